The molecule has 2 unspecified atom stereocenters. The minimum Gasteiger partial charge on any atom is -0.486 e. The Morgan fingerprint density at radius 3 is 2.75 bits per heavy atom. The largest absolute Gasteiger partial charge is 0.486 e. The Balaban J connectivity index is 1.37. The Kier molecular flexibility index (Phi) is 3.71. The maximum absolute atomic E-state index is 12.4. The van der Waals surface area contributed by atoms with Gasteiger partial charge in [-0.25, -0.2) is 0 Å². The van der Waals surface area contributed by atoms with Gasteiger partial charge in [-0.3, -0.25) is 4.79 Å². The third kappa shape index (κ3) is 2.75. The van der Waals surface area contributed by atoms with Gasteiger partial charge in [-0.1, -0.05) is 6.07 Å². The van der Waals surface area contributed by atoms with Crippen LogP contribution in [0.25, 0.3) is 0 Å². The SMILES string of the molecule is Cc1ccc(CNC(=O)C2CC2c2ccc3c(c2)OCCO3)n1C. The summed E-state index contributed by atoms with van der Waals surface area (Å²) in [7, 11) is 2.02. The lowest BCUT2D eigenvalue weighted by molar-refractivity contribution is -0.122. The molecule has 0 bridgehead atoms. The van der Waals surface area contributed by atoms with Gasteiger partial charge in [0.1, 0.15) is 13.2 Å². The van der Waals surface area contributed by atoms with E-state index >= 15 is 0 Å². The van der Waals surface area contributed by atoms with Crippen molar-refractivity contribution >= 4 is 5.91 Å². The van der Waals surface area contributed by atoms with Gasteiger partial charge >= 0.3 is 0 Å². The lowest BCUT2D eigenvalue weighted by Gasteiger charge is -2.18. The zero-order valence-corrected chi connectivity index (χ0v) is 14.0. The summed E-state index contributed by atoms with van der Waals surface area (Å²) in [4.78, 5) is 12.4. The molecule has 0 spiro atoms. The molecule has 1 saturated carbocycles. The van der Waals surface area contributed by atoms with E-state index in [2.05, 4.69) is 28.9 Å². The molecule has 4 rings (SSSR count). The van der Waals surface area contributed by atoms with Crippen molar-refractivity contribution in [3.05, 3.63) is 47.3 Å². The first-order valence-electron chi connectivity index (χ1n) is 8.42. The maximum Gasteiger partial charge on any atom is 0.224 e. The first kappa shape index (κ1) is 15.1. The molecule has 126 valence electrons. The molecule has 2 aromatic rings. The van der Waals surface area contributed by atoms with Gasteiger partial charge in [-0.05, 0) is 49.1 Å². The highest BCUT2D eigenvalue weighted by atomic mass is 16.6. The number of nitrogens with one attached hydrogen (secondary N) is 1. The van der Waals surface area contributed by atoms with Crippen molar-refractivity contribution in [3.63, 3.8) is 0 Å². The molecule has 5 heteroatoms. The lowest BCUT2D eigenvalue weighted by atomic mass is 10.1. The summed E-state index contributed by atoms with van der Waals surface area (Å²) in [5.74, 6) is 2.08. The molecule has 1 aliphatic carbocycles. The Morgan fingerprint density at radius 1 is 1.21 bits per heavy atom. The van der Waals surface area contributed by atoms with E-state index in [0.29, 0.717) is 19.8 Å². The number of fused-ring (bicyclic) bond motifs is 1. The van der Waals surface area contributed by atoms with E-state index in [4.69, 9.17) is 9.47 Å². The lowest BCUT2D eigenvalue weighted by Crippen LogP contribution is -2.26. The minimum atomic E-state index is 0.0638. The van der Waals surface area contributed by atoms with Gasteiger partial charge in [0.2, 0.25) is 5.91 Å². The Labute approximate surface area is 141 Å². The molecule has 1 fully saturated rings. The molecule has 0 radical (unpaired) electrons. The molecule has 1 N–H and O–H groups in total. The summed E-state index contributed by atoms with van der Waals surface area (Å²) >= 11 is 0. The molecule has 1 aromatic carbocycles. The molecule has 1 aliphatic heterocycles. The van der Waals surface area contributed by atoms with E-state index in [0.717, 1.165) is 29.2 Å². The summed E-state index contributed by atoms with van der Waals surface area (Å²) in [5, 5.41) is 3.06. The summed E-state index contributed by atoms with van der Waals surface area (Å²) in [6.45, 7) is 3.82. The molecule has 2 heterocycles. The second kappa shape index (κ2) is 5.89. The number of amides is 1. The van der Waals surface area contributed by atoms with Gasteiger partial charge in [-0.2, -0.15) is 0 Å². The highest BCUT2D eigenvalue weighted by Gasteiger charge is 2.44. The number of carbonyl (C=O) groups excluding carboxylic acids is 1. The first-order chi connectivity index (χ1) is 11.6. The zero-order valence-electron chi connectivity index (χ0n) is 14.0. The van der Waals surface area contributed by atoms with Crippen molar-refractivity contribution < 1.29 is 14.3 Å². The molecule has 1 aromatic heterocycles. The van der Waals surface area contributed by atoms with Crippen molar-refractivity contribution in [3.8, 4) is 11.5 Å². The Bertz CT molecular complexity index is 781. The molecule has 24 heavy (non-hydrogen) atoms. The number of hydrogen-bond acceptors (Lipinski definition) is 3. The molecule has 1 amide bonds. The van der Waals surface area contributed by atoms with E-state index in [1.807, 2.05) is 25.2 Å². The van der Waals surface area contributed by atoms with Crippen LogP contribution in [0.4, 0.5) is 0 Å². The quantitative estimate of drug-likeness (QED) is 0.939. The Morgan fingerprint density at radius 2 is 2.00 bits per heavy atom. The number of rotatable bonds is 4. The number of aryl methyl sites for hydroxylation is 1. The summed E-state index contributed by atoms with van der Waals surface area (Å²) in [6, 6.07) is 10.1. The Hall–Kier alpha value is -2.43. The van der Waals surface area contributed by atoms with Gasteiger partial charge in [-0.15, -0.1) is 0 Å². The topological polar surface area (TPSA) is 52.5 Å². The molecule has 0 saturated heterocycles. The zero-order chi connectivity index (χ0) is 16.7. The number of carbonyl (C=O) groups is 1. The highest BCUT2D eigenvalue weighted by Crippen LogP contribution is 2.49. The fourth-order valence-electron chi connectivity index (χ4n) is 3.30. The van der Waals surface area contributed by atoms with E-state index < -0.39 is 0 Å². The second-order valence-corrected chi connectivity index (χ2v) is 6.59. The van der Waals surface area contributed by atoms with Crippen LogP contribution in [0.3, 0.4) is 0 Å². The molecular formula is C19H22N2O3. The monoisotopic (exact) mass is 326 g/mol. The van der Waals surface area contributed by atoms with Gasteiger partial charge < -0.3 is 19.4 Å². The third-order valence-corrected chi connectivity index (χ3v) is 5.04. The van der Waals surface area contributed by atoms with E-state index in [-0.39, 0.29) is 17.7 Å². The van der Waals surface area contributed by atoms with Crippen LogP contribution in [0.1, 0.15) is 29.3 Å². The molecule has 2 atom stereocenters. The fourth-order valence-corrected chi connectivity index (χ4v) is 3.30. The number of aromatic nitrogens is 1. The third-order valence-electron chi connectivity index (χ3n) is 5.04. The number of nitrogens with zero attached hydrogens (tertiary/aromatic N) is 1. The fraction of sp³-hybridized carbons (Fsp3) is 0.421. The summed E-state index contributed by atoms with van der Waals surface area (Å²) in [5.41, 5.74) is 3.48. The number of ether oxygens (including phenoxy) is 2. The van der Waals surface area contributed by atoms with Crippen LogP contribution in [0, 0.1) is 12.8 Å². The van der Waals surface area contributed by atoms with Gasteiger partial charge in [0.05, 0.1) is 6.54 Å². The van der Waals surface area contributed by atoms with Crippen molar-refractivity contribution in [1.82, 2.24) is 9.88 Å². The smallest absolute Gasteiger partial charge is 0.224 e. The highest BCUT2D eigenvalue weighted by molar-refractivity contribution is 5.82. The van der Waals surface area contributed by atoms with Crippen molar-refractivity contribution in [2.75, 3.05) is 13.2 Å². The van der Waals surface area contributed by atoms with Crippen molar-refractivity contribution in [1.29, 1.82) is 0 Å². The standard InChI is InChI=1S/C19H22N2O3/c1-12-3-5-14(21(12)2)11-20-19(22)16-10-15(16)13-4-6-17-18(9-13)24-8-7-23-17/h3-6,9,15-16H,7-8,10-11H2,1-2H3,(H,20,22). The molecular weight excluding hydrogens is 304 g/mol. The van der Waals surface area contributed by atoms with Crippen molar-refractivity contribution in [2.24, 2.45) is 13.0 Å². The van der Waals surface area contributed by atoms with Crippen molar-refractivity contribution in [2.45, 2.75) is 25.8 Å². The van der Waals surface area contributed by atoms with Gasteiger partial charge in [0, 0.05) is 24.4 Å². The summed E-state index contributed by atoms with van der Waals surface area (Å²) in [6.07, 6.45) is 0.900. The maximum atomic E-state index is 12.4. The average molecular weight is 326 g/mol. The second-order valence-electron chi connectivity index (χ2n) is 6.59. The molecule has 5 nitrogen and oxygen atoms in total. The predicted molar refractivity (Wildman–Crippen MR) is 90.3 cm³/mol. The van der Waals surface area contributed by atoms with E-state index in [9.17, 15) is 4.79 Å². The van der Waals surface area contributed by atoms with E-state index in [1.54, 1.807) is 0 Å². The first-order valence-corrected chi connectivity index (χ1v) is 8.42. The number of hydrogen-bond donors (Lipinski definition) is 1. The average Bonchev–Trinajstić information content (AvgIpc) is 3.35. The number of benzene rings is 1. The van der Waals surface area contributed by atoms with Crippen LogP contribution in [0.2, 0.25) is 0 Å². The molecule has 2 aliphatic rings. The van der Waals surface area contributed by atoms with Gasteiger partial charge in [0.25, 0.3) is 0 Å². The summed E-state index contributed by atoms with van der Waals surface area (Å²) < 4.78 is 13.3. The van der Waals surface area contributed by atoms with Crippen LogP contribution in [0.15, 0.2) is 30.3 Å². The predicted octanol–water partition coefficient (Wildman–Crippen LogP) is 2.52. The van der Waals surface area contributed by atoms with Gasteiger partial charge in [0.15, 0.2) is 11.5 Å². The van der Waals surface area contributed by atoms with Crippen LogP contribution >= 0.6 is 0 Å². The van der Waals surface area contributed by atoms with Crippen LogP contribution < -0.4 is 14.8 Å². The normalized spacial score (nSPS) is 21.4. The van der Waals surface area contributed by atoms with Crippen LogP contribution in [0.5, 0.6) is 11.5 Å². The van der Waals surface area contributed by atoms with Crippen LogP contribution in [-0.2, 0) is 18.4 Å². The van der Waals surface area contributed by atoms with E-state index in [1.165, 1.54) is 5.69 Å². The minimum absolute atomic E-state index is 0.0638. The van der Waals surface area contributed by atoms with Crippen LogP contribution in [-0.4, -0.2) is 23.7 Å².